The lowest BCUT2D eigenvalue weighted by Crippen LogP contribution is -2.42. The summed E-state index contributed by atoms with van der Waals surface area (Å²) in [6.07, 6.45) is 1.19. The van der Waals surface area contributed by atoms with Crippen LogP contribution in [0.2, 0.25) is 0 Å². The van der Waals surface area contributed by atoms with E-state index in [9.17, 15) is 19.2 Å². The predicted octanol–water partition coefficient (Wildman–Crippen LogP) is 0.849. The van der Waals surface area contributed by atoms with Crippen LogP contribution in [-0.4, -0.2) is 58.7 Å². The zero-order chi connectivity index (χ0) is 16.7. The Morgan fingerprint density at radius 1 is 1.17 bits per heavy atom. The van der Waals surface area contributed by atoms with Crippen molar-refractivity contribution in [3.05, 3.63) is 34.9 Å². The molecule has 0 bridgehead atoms. The molecule has 0 spiro atoms. The van der Waals surface area contributed by atoms with Crippen molar-refractivity contribution in [3.63, 3.8) is 0 Å². The molecule has 7 nitrogen and oxygen atoms in total. The first-order valence-electron chi connectivity index (χ1n) is 7.38. The Balaban J connectivity index is 1.86. The summed E-state index contributed by atoms with van der Waals surface area (Å²) < 4.78 is 0. The minimum absolute atomic E-state index is 0.165. The van der Waals surface area contributed by atoms with E-state index >= 15 is 0 Å². The van der Waals surface area contributed by atoms with Gasteiger partial charge in [-0.2, -0.15) is 0 Å². The van der Waals surface area contributed by atoms with Crippen LogP contribution in [0, 0.1) is 5.92 Å². The highest BCUT2D eigenvalue weighted by Gasteiger charge is 2.34. The summed E-state index contributed by atoms with van der Waals surface area (Å²) in [6, 6.07) is 4.41. The van der Waals surface area contributed by atoms with Crippen molar-refractivity contribution in [1.29, 1.82) is 0 Å². The van der Waals surface area contributed by atoms with E-state index in [1.54, 1.807) is 0 Å². The van der Waals surface area contributed by atoms with Gasteiger partial charge in [-0.15, -0.1) is 0 Å². The Morgan fingerprint density at radius 2 is 1.87 bits per heavy atom. The summed E-state index contributed by atoms with van der Waals surface area (Å²) in [7, 11) is 1.40. The number of carboxylic acid groups (broad SMARTS) is 1. The quantitative estimate of drug-likeness (QED) is 0.816. The number of fused-ring (bicyclic) bond motifs is 1. The molecule has 0 aromatic heterocycles. The van der Waals surface area contributed by atoms with Crippen molar-refractivity contribution in [1.82, 2.24) is 9.80 Å². The van der Waals surface area contributed by atoms with Gasteiger partial charge in [-0.1, -0.05) is 0 Å². The van der Waals surface area contributed by atoms with Gasteiger partial charge in [0.1, 0.15) is 0 Å². The number of nitrogens with zero attached hydrogens (tertiary/aromatic N) is 2. The fraction of sp³-hybridized carbons (Fsp3) is 0.375. The number of imide groups is 1. The Morgan fingerprint density at radius 3 is 2.57 bits per heavy atom. The second kappa shape index (κ2) is 5.49. The van der Waals surface area contributed by atoms with Crippen molar-refractivity contribution in [2.45, 2.75) is 12.8 Å². The average molecular weight is 316 g/mol. The van der Waals surface area contributed by atoms with Gasteiger partial charge in [0, 0.05) is 25.7 Å². The van der Waals surface area contributed by atoms with Crippen LogP contribution in [0.5, 0.6) is 0 Å². The Kier molecular flexibility index (Phi) is 3.63. The number of carbonyl (C=O) groups excluding carboxylic acids is 3. The van der Waals surface area contributed by atoms with Gasteiger partial charge in [-0.25, -0.2) is 0 Å². The fourth-order valence-corrected chi connectivity index (χ4v) is 3.04. The fourth-order valence-electron chi connectivity index (χ4n) is 3.04. The standard InChI is InChI=1S/C16H16N2O5/c1-17-14(20)11-5-4-9(7-12(11)15(17)21)13(19)18-6-2-3-10(8-18)16(22)23/h4-5,7,10H,2-3,6,8H2,1H3,(H,22,23). The molecule has 1 N–H and O–H groups in total. The molecule has 3 rings (SSSR count). The van der Waals surface area contributed by atoms with E-state index in [1.165, 1.54) is 30.1 Å². The highest BCUT2D eigenvalue weighted by Crippen LogP contribution is 2.24. The molecule has 120 valence electrons. The van der Waals surface area contributed by atoms with E-state index in [-0.39, 0.29) is 29.5 Å². The van der Waals surface area contributed by atoms with Gasteiger partial charge < -0.3 is 10.0 Å². The minimum Gasteiger partial charge on any atom is -0.481 e. The largest absolute Gasteiger partial charge is 0.481 e. The molecule has 1 aromatic rings. The molecule has 2 aliphatic rings. The number of piperidine rings is 1. The van der Waals surface area contributed by atoms with Crippen LogP contribution in [-0.2, 0) is 4.79 Å². The van der Waals surface area contributed by atoms with Crippen LogP contribution in [0.3, 0.4) is 0 Å². The third kappa shape index (κ3) is 2.48. The third-order valence-corrected chi connectivity index (χ3v) is 4.39. The van der Waals surface area contributed by atoms with Crippen LogP contribution in [0.4, 0.5) is 0 Å². The number of likely N-dealkylation sites (tertiary alicyclic amines) is 1. The number of hydrogen-bond donors (Lipinski definition) is 1. The SMILES string of the molecule is CN1C(=O)c2ccc(C(=O)N3CCCC(C(=O)O)C3)cc2C1=O. The van der Waals surface area contributed by atoms with E-state index in [0.717, 1.165) is 4.90 Å². The summed E-state index contributed by atoms with van der Waals surface area (Å²) in [5, 5.41) is 9.10. The Labute approximate surface area is 132 Å². The lowest BCUT2D eigenvalue weighted by molar-refractivity contribution is -0.143. The van der Waals surface area contributed by atoms with Gasteiger partial charge in [-0.3, -0.25) is 24.1 Å². The van der Waals surface area contributed by atoms with Gasteiger partial charge in [0.05, 0.1) is 17.0 Å². The van der Waals surface area contributed by atoms with Crippen molar-refractivity contribution >= 4 is 23.7 Å². The maximum absolute atomic E-state index is 12.6. The summed E-state index contributed by atoms with van der Waals surface area (Å²) in [5.41, 5.74) is 0.803. The predicted molar refractivity (Wildman–Crippen MR) is 79.1 cm³/mol. The second-order valence-electron chi connectivity index (χ2n) is 5.86. The summed E-state index contributed by atoms with van der Waals surface area (Å²) in [4.78, 5) is 50.0. The molecular weight excluding hydrogens is 300 g/mol. The summed E-state index contributed by atoms with van der Waals surface area (Å²) in [5.74, 6) is -2.58. The normalized spacial score (nSPS) is 20.7. The van der Waals surface area contributed by atoms with Crippen molar-refractivity contribution < 1.29 is 24.3 Å². The Hall–Kier alpha value is -2.70. The smallest absolute Gasteiger partial charge is 0.308 e. The van der Waals surface area contributed by atoms with Crippen LogP contribution < -0.4 is 0 Å². The van der Waals surface area contributed by atoms with E-state index in [4.69, 9.17) is 5.11 Å². The molecule has 1 atom stereocenters. The van der Waals surface area contributed by atoms with Crippen molar-refractivity contribution in [3.8, 4) is 0 Å². The Bertz CT molecular complexity index is 727. The first-order chi connectivity index (χ1) is 10.9. The molecule has 1 unspecified atom stereocenters. The lowest BCUT2D eigenvalue weighted by Gasteiger charge is -2.30. The maximum Gasteiger partial charge on any atom is 0.308 e. The van der Waals surface area contributed by atoms with E-state index in [0.29, 0.717) is 24.9 Å². The number of aliphatic carboxylic acids is 1. The number of hydrogen-bond acceptors (Lipinski definition) is 4. The van der Waals surface area contributed by atoms with Gasteiger partial charge in [0.15, 0.2) is 0 Å². The van der Waals surface area contributed by atoms with Crippen LogP contribution in [0.1, 0.15) is 43.9 Å². The molecule has 2 heterocycles. The molecule has 1 saturated heterocycles. The van der Waals surface area contributed by atoms with Crippen LogP contribution in [0.25, 0.3) is 0 Å². The number of carboxylic acids is 1. The highest BCUT2D eigenvalue weighted by atomic mass is 16.4. The number of carbonyl (C=O) groups is 4. The van der Waals surface area contributed by atoms with E-state index in [2.05, 4.69) is 0 Å². The van der Waals surface area contributed by atoms with Gasteiger partial charge in [-0.05, 0) is 31.0 Å². The van der Waals surface area contributed by atoms with E-state index < -0.39 is 17.8 Å². The first kappa shape index (κ1) is 15.2. The molecule has 0 aliphatic carbocycles. The molecule has 1 fully saturated rings. The average Bonchev–Trinajstić information content (AvgIpc) is 2.78. The summed E-state index contributed by atoms with van der Waals surface area (Å²) >= 11 is 0. The number of benzene rings is 1. The maximum atomic E-state index is 12.6. The zero-order valence-electron chi connectivity index (χ0n) is 12.6. The van der Waals surface area contributed by atoms with Gasteiger partial charge in [0.25, 0.3) is 17.7 Å². The first-order valence-corrected chi connectivity index (χ1v) is 7.38. The van der Waals surface area contributed by atoms with Crippen LogP contribution in [0.15, 0.2) is 18.2 Å². The van der Waals surface area contributed by atoms with Gasteiger partial charge in [0.2, 0.25) is 0 Å². The topological polar surface area (TPSA) is 95.0 Å². The second-order valence-corrected chi connectivity index (χ2v) is 5.86. The molecule has 0 radical (unpaired) electrons. The molecule has 2 aliphatic heterocycles. The molecular formula is C16H16N2O5. The molecule has 0 saturated carbocycles. The monoisotopic (exact) mass is 316 g/mol. The lowest BCUT2D eigenvalue weighted by atomic mass is 9.97. The van der Waals surface area contributed by atoms with Crippen LogP contribution >= 0.6 is 0 Å². The van der Waals surface area contributed by atoms with Crippen molar-refractivity contribution in [2.75, 3.05) is 20.1 Å². The number of amides is 3. The van der Waals surface area contributed by atoms with Gasteiger partial charge >= 0.3 is 5.97 Å². The number of rotatable bonds is 2. The molecule has 23 heavy (non-hydrogen) atoms. The van der Waals surface area contributed by atoms with Crippen molar-refractivity contribution in [2.24, 2.45) is 5.92 Å². The summed E-state index contributed by atoms with van der Waals surface area (Å²) in [6.45, 7) is 0.657. The van der Waals surface area contributed by atoms with E-state index in [1.807, 2.05) is 0 Å². The zero-order valence-corrected chi connectivity index (χ0v) is 12.6. The molecule has 1 aromatic carbocycles. The molecule has 7 heteroatoms. The molecule has 3 amide bonds. The minimum atomic E-state index is -0.904. The third-order valence-electron chi connectivity index (χ3n) is 4.39. The highest BCUT2D eigenvalue weighted by molar-refractivity contribution is 6.21.